The van der Waals surface area contributed by atoms with Crippen molar-refractivity contribution in [3.8, 4) is 0 Å². The Morgan fingerprint density at radius 2 is 2.10 bits per heavy atom. The second-order valence-corrected chi connectivity index (χ2v) is 5.29. The molecule has 0 fully saturated rings. The van der Waals surface area contributed by atoms with E-state index in [-0.39, 0.29) is 12.0 Å². The molecule has 0 N–H and O–H groups in total. The number of nitrogens with zero attached hydrogens (tertiary/aromatic N) is 1. The summed E-state index contributed by atoms with van der Waals surface area (Å²) in [5, 5.41) is 0.993. The summed E-state index contributed by atoms with van der Waals surface area (Å²) in [6.07, 6.45) is -0.00382. The molecule has 0 bridgehead atoms. The minimum Gasteiger partial charge on any atom is -0.451 e. The summed E-state index contributed by atoms with van der Waals surface area (Å²) in [4.78, 5) is 14.1. The first-order valence-corrected chi connectivity index (χ1v) is 6.72. The summed E-state index contributed by atoms with van der Waals surface area (Å²) in [5.41, 5.74) is 2.77. The molecule has 1 atom stereocenters. The van der Waals surface area contributed by atoms with E-state index < -0.39 is 0 Å². The highest BCUT2D eigenvalue weighted by Gasteiger charge is 2.22. The average molecular weight is 275 g/mol. The fraction of sp³-hybridized carbons (Fsp3) is 0.438. The van der Waals surface area contributed by atoms with E-state index in [9.17, 15) is 4.79 Å². The van der Waals surface area contributed by atoms with Gasteiger partial charge in [-0.3, -0.25) is 4.79 Å². The van der Waals surface area contributed by atoms with Crippen LogP contribution in [0.3, 0.4) is 0 Å². The Kier molecular flexibility index (Phi) is 4.14. The van der Waals surface area contributed by atoms with Gasteiger partial charge in [0.2, 0.25) is 0 Å². The van der Waals surface area contributed by atoms with E-state index in [1.54, 1.807) is 19.1 Å². The largest absolute Gasteiger partial charge is 0.451 e. The Hall–Kier alpha value is -1.81. The molecule has 4 nitrogen and oxygen atoms in total. The maximum atomic E-state index is 12.4. The second kappa shape index (κ2) is 5.67. The van der Waals surface area contributed by atoms with E-state index in [0.29, 0.717) is 12.3 Å². The standard InChI is InChI=1S/C16H21NO3/c1-10-6-7-13-12(3)15(20-14(13)8-10)16(18)17(4)9-11(2)19-5/h6-8,11H,9H2,1-5H3/t11-/m0/s1. The molecule has 0 saturated heterocycles. The van der Waals surface area contributed by atoms with Crippen LogP contribution in [-0.2, 0) is 4.74 Å². The van der Waals surface area contributed by atoms with Crippen molar-refractivity contribution in [1.82, 2.24) is 4.90 Å². The summed E-state index contributed by atoms with van der Waals surface area (Å²) < 4.78 is 10.9. The number of hydrogen-bond donors (Lipinski definition) is 0. The molecule has 2 rings (SSSR count). The van der Waals surface area contributed by atoms with Crippen LogP contribution in [0.4, 0.5) is 0 Å². The molecule has 0 aliphatic heterocycles. The van der Waals surface area contributed by atoms with Gasteiger partial charge in [0, 0.05) is 31.7 Å². The Bertz CT molecular complexity index is 630. The van der Waals surface area contributed by atoms with Crippen molar-refractivity contribution in [2.24, 2.45) is 0 Å². The van der Waals surface area contributed by atoms with E-state index in [4.69, 9.17) is 9.15 Å². The van der Waals surface area contributed by atoms with Gasteiger partial charge in [-0.05, 0) is 32.4 Å². The van der Waals surface area contributed by atoms with Crippen molar-refractivity contribution >= 4 is 16.9 Å². The molecule has 0 aliphatic rings. The van der Waals surface area contributed by atoms with Gasteiger partial charge in [-0.25, -0.2) is 0 Å². The summed E-state index contributed by atoms with van der Waals surface area (Å²) in [6, 6.07) is 5.98. The number of fused-ring (bicyclic) bond motifs is 1. The van der Waals surface area contributed by atoms with Crippen LogP contribution in [0.15, 0.2) is 22.6 Å². The van der Waals surface area contributed by atoms with E-state index >= 15 is 0 Å². The Balaban J connectivity index is 2.32. The Labute approximate surface area is 119 Å². The van der Waals surface area contributed by atoms with Gasteiger partial charge in [0.05, 0.1) is 6.10 Å². The fourth-order valence-electron chi connectivity index (χ4n) is 2.25. The first-order chi connectivity index (χ1) is 9.43. The Morgan fingerprint density at radius 1 is 1.40 bits per heavy atom. The normalized spacial score (nSPS) is 12.7. The van der Waals surface area contributed by atoms with Crippen LogP contribution < -0.4 is 0 Å². The van der Waals surface area contributed by atoms with Crippen molar-refractivity contribution in [3.05, 3.63) is 35.1 Å². The maximum Gasteiger partial charge on any atom is 0.289 e. The van der Waals surface area contributed by atoms with Gasteiger partial charge in [-0.1, -0.05) is 12.1 Å². The van der Waals surface area contributed by atoms with Crippen LogP contribution in [0.25, 0.3) is 11.0 Å². The molecule has 1 heterocycles. The number of aryl methyl sites for hydroxylation is 2. The number of carbonyl (C=O) groups is 1. The summed E-state index contributed by atoms with van der Waals surface area (Å²) in [6.45, 7) is 6.39. The van der Waals surface area contributed by atoms with Gasteiger partial charge in [0.1, 0.15) is 5.58 Å². The number of carbonyl (C=O) groups excluding carboxylic acids is 1. The third-order valence-electron chi connectivity index (χ3n) is 3.57. The van der Waals surface area contributed by atoms with E-state index in [2.05, 4.69) is 0 Å². The number of likely N-dealkylation sites (N-methyl/N-ethyl adjacent to an activating group) is 1. The quantitative estimate of drug-likeness (QED) is 0.860. The van der Waals surface area contributed by atoms with Gasteiger partial charge >= 0.3 is 0 Å². The van der Waals surface area contributed by atoms with Crippen LogP contribution in [0.1, 0.15) is 28.6 Å². The zero-order chi connectivity index (χ0) is 14.9. The fourth-order valence-corrected chi connectivity index (χ4v) is 2.25. The molecule has 20 heavy (non-hydrogen) atoms. The first kappa shape index (κ1) is 14.6. The molecular formula is C16H21NO3. The van der Waals surface area contributed by atoms with Gasteiger partial charge in [-0.2, -0.15) is 0 Å². The molecule has 0 saturated carbocycles. The molecule has 108 valence electrons. The number of furan rings is 1. The predicted octanol–water partition coefficient (Wildman–Crippen LogP) is 3.16. The minimum atomic E-state index is -0.111. The molecule has 1 aromatic carbocycles. The van der Waals surface area contributed by atoms with Crippen LogP contribution in [0, 0.1) is 13.8 Å². The van der Waals surface area contributed by atoms with Crippen molar-refractivity contribution in [2.75, 3.05) is 20.7 Å². The molecule has 0 radical (unpaired) electrons. The van der Waals surface area contributed by atoms with Crippen molar-refractivity contribution in [3.63, 3.8) is 0 Å². The van der Waals surface area contributed by atoms with E-state index in [0.717, 1.165) is 22.1 Å². The molecule has 0 spiro atoms. The van der Waals surface area contributed by atoms with Crippen LogP contribution >= 0.6 is 0 Å². The monoisotopic (exact) mass is 275 g/mol. The summed E-state index contributed by atoms with van der Waals surface area (Å²) in [5.74, 6) is 0.302. The number of ether oxygens (including phenoxy) is 1. The molecular weight excluding hydrogens is 254 g/mol. The summed E-state index contributed by atoms with van der Waals surface area (Å²) in [7, 11) is 3.40. The highest BCUT2D eigenvalue weighted by atomic mass is 16.5. The number of amides is 1. The highest BCUT2D eigenvalue weighted by Crippen LogP contribution is 2.26. The lowest BCUT2D eigenvalue weighted by atomic mass is 10.1. The lowest BCUT2D eigenvalue weighted by molar-refractivity contribution is 0.0576. The number of rotatable bonds is 4. The minimum absolute atomic E-state index is 0.00382. The third kappa shape index (κ3) is 2.70. The summed E-state index contributed by atoms with van der Waals surface area (Å²) >= 11 is 0. The molecule has 1 amide bonds. The first-order valence-electron chi connectivity index (χ1n) is 6.72. The molecule has 4 heteroatoms. The molecule has 1 aromatic heterocycles. The lowest BCUT2D eigenvalue weighted by Crippen LogP contribution is -2.33. The molecule has 0 aliphatic carbocycles. The molecule has 2 aromatic rings. The zero-order valence-corrected chi connectivity index (χ0v) is 12.7. The SMILES string of the molecule is CO[C@@H](C)CN(C)C(=O)c1oc2cc(C)ccc2c1C. The average Bonchev–Trinajstić information content (AvgIpc) is 2.74. The van der Waals surface area contributed by atoms with E-state index in [1.807, 2.05) is 39.0 Å². The van der Waals surface area contributed by atoms with Crippen molar-refractivity contribution in [2.45, 2.75) is 26.9 Å². The predicted molar refractivity (Wildman–Crippen MR) is 79.1 cm³/mol. The Morgan fingerprint density at radius 3 is 2.75 bits per heavy atom. The van der Waals surface area contributed by atoms with Crippen molar-refractivity contribution < 1.29 is 13.9 Å². The number of hydrogen-bond acceptors (Lipinski definition) is 3. The lowest BCUT2D eigenvalue weighted by Gasteiger charge is -2.19. The van der Waals surface area contributed by atoms with Gasteiger partial charge in [0.25, 0.3) is 5.91 Å². The van der Waals surface area contributed by atoms with Gasteiger partial charge in [-0.15, -0.1) is 0 Å². The van der Waals surface area contributed by atoms with Gasteiger partial charge < -0.3 is 14.1 Å². The van der Waals surface area contributed by atoms with Crippen LogP contribution in [-0.4, -0.2) is 37.6 Å². The van der Waals surface area contributed by atoms with Gasteiger partial charge in [0.15, 0.2) is 5.76 Å². The van der Waals surface area contributed by atoms with Crippen molar-refractivity contribution in [1.29, 1.82) is 0 Å². The highest BCUT2D eigenvalue weighted by molar-refractivity contribution is 5.98. The smallest absolute Gasteiger partial charge is 0.289 e. The van der Waals surface area contributed by atoms with Crippen LogP contribution in [0.5, 0.6) is 0 Å². The maximum absolute atomic E-state index is 12.4. The zero-order valence-electron chi connectivity index (χ0n) is 12.7. The topological polar surface area (TPSA) is 42.7 Å². The van der Waals surface area contributed by atoms with E-state index in [1.165, 1.54) is 0 Å². The number of methoxy groups -OCH3 is 1. The molecule has 0 unspecified atom stereocenters. The number of benzene rings is 1. The van der Waals surface area contributed by atoms with Crippen LogP contribution in [0.2, 0.25) is 0 Å². The third-order valence-corrected chi connectivity index (χ3v) is 3.57. The second-order valence-electron chi connectivity index (χ2n) is 5.29.